The first kappa shape index (κ1) is 14.8. The molecule has 1 aromatic carbocycles. The monoisotopic (exact) mass is 296 g/mol. The van der Waals surface area contributed by atoms with Crippen molar-refractivity contribution in [3.63, 3.8) is 0 Å². The van der Waals surface area contributed by atoms with Gasteiger partial charge in [0.2, 0.25) is 0 Å². The summed E-state index contributed by atoms with van der Waals surface area (Å²) in [5.74, 6) is 1.44. The third-order valence-electron chi connectivity index (χ3n) is 4.44. The smallest absolute Gasteiger partial charge is 0.162 e. The molecule has 0 spiro atoms. The number of fused-ring (bicyclic) bond motifs is 1. The van der Waals surface area contributed by atoms with Crippen LogP contribution in [0.15, 0.2) is 53.0 Å². The Morgan fingerprint density at radius 3 is 2.68 bits per heavy atom. The average Bonchev–Trinajstić information content (AvgIpc) is 2.47. The van der Waals surface area contributed by atoms with Crippen LogP contribution in [-0.4, -0.2) is 11.6 Å². The summed E-state index contributed by atoms with van der Waals surface area (Å²) in [6.07, 6.45) is 2.85. The molecule has 1 fully saturated rings. The Balaban J connectivity index is 2.02. The normalized spacial score (nSPS) is 21.5. The molecule has 0 saturated heterocycles. The summed E-state index contributed by atoms with van der Waals surface area (Å²) < 4.78 is 5.92. The molecule has 3 rings (SSSR count). The van der Waals surface area contributed by atoms with Crippen LogP contribution in [0, 0.1) is 5.92 Å². The highest BCUT2D eigenvalue weighted by Crippen LogP contribution is 2.41. The molecule has 0 amide bonds. The zero-order valence-corrected chi connectivity index (χ0v) is 13.0. The van der Waals surface area contributed by atoms with Crippen molar-refractivity contribution < 1.29 is 14.3 Å². The Bertz CT molecular complexity index is 680. The third-order valence-corrected chi connectivity index (χ3v) is 4.44. The third kappa shape index (κ3) is 2.63. The summed E-state index contributed by atoms with van der Waals surface area (Å²) >= 11 is 0. The number of rotatable bonds is 3. The van der Waals surface area contributed by atoms with Crippen molar-refractivity contribution >= 4 is 11.6 Å². The summed E-state index contributed by atoms with van der Waals surface area (Å²) in [6, 6.07) is 9.98. The van der Waals surface area contributed by atoms with Gasteiger partial charge >= 0.3 is 0 Å². The van der Waals surface area contributed by atoms with Gasteiger partial charge in [0.15, 0.2) is 11.6 Å². The Kier molecular flexibility index (Phi) is 3.97. The maximum absolute atomic E-state index is 12.4. The van der Waals surface area contributed by atoms with Gasteiger partial charge in [-0.1, -0.05) is 30.3 Å². The molecule has 3 heteroatoms. The molecule has 22 heavy (non-hydrogen) atoms. The van der Waals surface area contributed by atoms with Crippen LogP contribution in [-0.2, 0) is 20.7 Å². The Morgan fingerprint density at radius 1 is 1.27 bits per heavy atom. The van der Waals surface area contributed by atoms with Gasteiger partial charge < -0.3 is 4.74 Å². The highest BCUT2D eigenvalue weighted by molar-refractivity contribution is 6.03. The van der Waals surface area contributed by atoms with Gasteiger partial charge in [-0.15, -0.1) is 0 Å². The van der Waals surface area contributed by atoms with Crippen LogP contribution in [0.3, 0.4) is 0 Å². The maximum atomic E-state index is 12.4. The van der Waals surface area contributed by atoms with E-state index in [1.165, 1.54) is 0 Å². The van der Waals surface area contributed by atoms with E-state index in [9.17, 15) is 9.59 Å². The lowest BCUT2D eigenvalue weighted by Gasteiger charge is -2.33. The van der Waals surface area contributed by atoms with E-state index < -0.39 is 0 Å². The molecule has 1 unspecified atom stereocenters. The predicted molar refractivity (Wildman–Crippen MR) is 84.0 cm³/mol. The lowest BCUT2D eigenvalue weighted by molar-refractivity contribution is -0.117. The van der Waals surface area contributed by atoms with Gasteiger partial charge in [-0.25, -0.2) is 0 Å². The minimum atomic E-state index is -0.0776. The second kappa shape index (κ2) is 5.91. The molecule has 1 aliphatic carbocycles. The molecule has 0 aromatic heterocycles. The molecule has 1 heterocycles. The Morgan fingerprint density at radius 2 is 2.00 bits per heavy atom. The number of hydrogen-bond donors (Lipinski definition) is 0. The molecule has 1 aromatic rings. The minimum absolute atomic E-state index is 0.00783. The van der Waals surface area contributed by atoms with E-state index in [1.54, 1.807) is 6.92 Å². The Labute approximate surface area is 130 Å². The first-order chi connectivity index (χ1) is 10.6. The number of carbonyl (C=O) groups is 2. The van der Waals surface area contributed by atoms with Crippen LogP contribution in [0.4, 0.5) is 0 Å². The number of benzene rings is 1. The van der Waals surface area contributed by atoms with Crippen LogP contribution < -0.4 is 0 Å². The van der Waals surface area contributed by atoms with Gasteiger partial charge in [-0.3, -0.25) is 9.59 Å². The second-order valence-electron chi connectivity index (χ2n) is 6.00. The number of ether oxygens (including phenoxy) is 1. The van der Waals surface area contributed by atoms with E-state index in [0.717, 1.165) is 29.7 Å². The highest BCUT2D eigenvalue weighted by Gasteiger charge is 2.38. The maximum Gasteiger partial charge on any atom is 0.162 e. The summed E-state index contributed by atoms with van der Waals surface area (Å²) in [6.45, 7) is 3.39. The highest BCUT2D eigenvalue weighted by atomic mass is 16.5. The molecular weight excluding hydrogens is 276 g/mol. The van der Waals surface area contributed by atoms with Gasteiger partial charge in [-0.05, 0) is 32.3 Å². The fourth-order valence-corrected chi connectivity index (χ4v) is 3.52. The zero-order valence-electron chi connectivity index (χ0n) is 13.0. The lowest BCUT2D eigenvalue weighted by Crippen LogP contribution is -2.30. The van der Waals surface area contributed by atoms with Crippen molar-refractivity contribution in [3.05, 3.63) is 58.6 Å². The second-order valence-corrected chi connectivity index (χ2v) is 6.00. The van der Waals surface area contributed by atoms with Gasteiger partial charge in [0.05, 0.1) is 0 Å². The molecular formula is C19H20O3. The van der Waals surface area contributed by atoms with E-state index in [1.807, 2.05) is 37.3 Å². The molecule has 1 atom stereocenters. The number of ketones is 2. The number of carbonyl (C=O) groups excluding carboxylic acids is 2. The molecule has 1 aliphatic heterocycles. The number of Topliss-reactive ketones (excluding diaryl/α,β-unsaturated/α-hetero) is 2. The predicted octanol–water partition coefficient (Wildman–Crippen LogP) is 3.75. The van der Waals surface area contributed by atoms with E-state index >= 15 is 0 Å². The molecule has 0 bridgehead atoms. The van der Waals surface area contributed by atoms with Crippen molar-refractivity contribution in [2.24, 2.45) is 5.92 Å². The van der Waals surface area contributed by atoms with Crippen molar-refractivity contribution in [2.75, 3.05) is 0 Å². The van der Waals surface area contributed by atoms with E-state index in [0.29, 0.717) is 24.2 Å². The summed E-state index contributed by atoms with van der Waals surface area (Å²) in [7, 11) is 0. The molecule has 114 valence electrons. The average molecular weight is 296 g/mol. The molecule has 0 radical (unpaired) electrons. The molecule has 1 saturated carbocycles. The van der Waals surface area contributed by atoms with Gasteiger partial charge in [0.1, 0.15) is 11.5 Å². The minimum Gasteiger partial charge on any atom is -0.465 e. The quantitative estimate of drug-likeness (QED) is 0.853. The van der Waals surface area contributed by atoms with Crippen LogP contribution in [0.25, 0.3) is 0 Å². The van der Waals surface area contributed by atoms with Gasteiger partial charge in [0, 0.05) is 29.9 Å². The van der Waals surface area contributed by atoms with Crippen LogP contribution in [0.1, 0.15) is 38.7 Å². The van der Waals surface area contributed by atoms with Crippen molar-refractivity contribution in [3.8, 4) is 0 Å². The van der Waals surface area contributed by atoms with E-state index in [4.69, 9.17) is 4.74 Å². The van der Waals surface area contributed by atoms with Crippen molar-refractivity contribution in [1.29, 1.82) is 0 Å². The topological polar surface area (TPSA) is 43.4 Å². The van der Waals surface area contributed by atoms with Crippen LogP contribution in [0.2, 0.25) is 0 Å². The summed E-state index contributed by atoms with van der Waals surface area (Å²) in [5.41, 5.74) is 2.52. The molecule has 0 N–H and O–H groups in total. The summed E-state index contributed by atoms with van der Waals surface area (Å²) in [5, 5.41) is 0. The zero-order chi connectivity index (χ0) is 15.7. The standard InChI is InChI=1S/C19H20O3/c1-12(20)18-13(2)22-17(11-14-7-4-3-5-8-14)19-15(18)9-6-10-16(19)21/h3-5,7-8,15H,6,9-11H2,1-2H3. The van der Waals surface area contributed by atoms with Gasteiger partial charge in [-0.2, -0.15) is 0 Å². The SMILES string of the molecule is CC(=O)C1=C(C)OC(Cc2ccccc2)=C2C(=O)CCCC12. The van der Waals surface area contributed by atoms with Crippen LogP contribution in [0.5, 0.6) is 0 Å². The first-order valence-electron chi connectivity index (χ1n) is 7.77. The number of hydrogen-bond acceptors (Lipinski definition) is 3. The van der Waals surface area contributed by atoms with Crippen LogP contribution >= 0.6 is 0 Å². The van der Waals surface area contributed by atoms with E-state index in [-0.39, 0.29) is 17.5 Å². The fraction of sp³-hybridized carbons (Fsp3) is 0.368. The Hall–Kier alpha value is -2.16. The molecule has 3 nitrogen and oxygen atoms in total. The first-order valence-corrected chi connectivity index (χ1v) is 7.77. The number of allylic oxidation sites excluding steroid dienone is 4. The van der Waals surface area contributed by atoms with E-state index in [2.05, 4.69) is 0 Å². The lowest BCUT2D eigenvalue weighted by atomic mass is 9.75. The fourth-order valence-electron chi connectivity index (χ4n) is 3.52. The van der Waals surface area contributed by atoms with Gasteiger partial charge in [0.25, 0.3) is 0 Å². The van der Waals surface area contributed by atoms with Crippen molar-refractivity contribution in [2.45, 2.75) is 39.5 Å². The summed E-state index contributed by atoms with van der Waals surface area (Å²) in [4.78, 5) is 24.4. The largest absolute Gasteiger partial charge is 0.465 e. The van der Waals surface area contributed by atoms with Crippen molar-refractivity contribution in [1.82, 2.24) is 0 Å². The molecule has 2 aliphatic rings.